The number of carboxylic acids is 1. The van der Waals surface area contributed by atoms with Crippen LogP contribution in [0.2, 0.25) is 0 Å². The van der Waals surface area contributed by atoms with Gasteiger partial charge in [-0.3, -0.25) is 9.59 Å². The van der Waals surface area contributed by atoms with E-state index < -0.39 is 34.1 Å². The minimum atomic E-state index is -1.46. The van der Waals surface area contributed by atoms with E-state index in [2.05, 4.69) is 5.10 Å². The van der Waals surface area contributed by atoms with Gasteiger partial charge in [0.05, 0.1) is 5.69 Å². The molecular formula is C16H15FN2O4. The van der Waals surface area contributed by atoms with Gasteiger partial charge in [-0.1, -0.05) is 20.8 Å². The molecule has 23 heavy (non-hydrogen) atoms. The van der Waals surface area contributed by atoms with E-state index in [-0.39, 0.29) is 11.4 Å². The highest BCUT2D eigenvalue weighted by Gasteiger charge is 2.27. The van der Waals surface area contributed by atoms with Gasteiger partial charge in [-0.2, -0.15) is 9.78 Å². The third-order valence-corrected chi connectivity index (χ3v) is 3.13. The second kappa shape index (κ2) is 5.75. The third-order valence-electron chi connectivity index (χ3n) is 3.13. The summed E-state index contributed by atoms with van der Waals surface area (Å²) in [6.45, 7) is 4.97. The Kier molecular flexibility index (Phi) is 4.14. The molecule has 1 N–H and O–H groups in total. The van der Waals surface area contributed by atoms with Crippen LogP contribution in [-0.4, -0.2) is 26.6 Å². The van der Waals surface area contributed by atoms with Crippen LogP contribution in [0.25, 0.3) is 5.69 Å². The number of aromatic nitrogens is 2. The number of nitrogens with zero attached hydrogens (tertiary/aromatic N) is 2. The van der Waals surface area contributed by atoms with Crippen LogP contribution in [0.4, 0.5) is 4.39 Å². The van der Waals surface area contributed by atoms with E-state index in [1.54, 1.807) is 20.8 Å². The molecule has 2 rings (SSSR count). The first-order valence-electron chi connectivity index (χ1n) is 6.79. The summed E-state index contributed by atoms with van der Waals surface area (Å²) >= 11 is 0. The van der Waals surface area contributed by atoms with E-state index >= 15 is 0 Å². The molecule has 1 heterocycles. The number of rotatable bonds is 3. The number of hydrogen-bond donors (Lipinski definition) is 1. The molecule has 0 saturated carbocycles. The molecule has 6 nitrogen and oxygen atoms in total. The molecule has 0 radical (unpaired) electrons. The number of ketones is 1. The Hall–Kier alpha value is -2.83. The quantitative estimate of drug-likeness (QED) is 0.877. The number of carboxylic acid groups (broad SMARTS) is 1. The van der Waals surface area contributed by atoms with E-state index in [0.717, 1.165) is 22.9 Å². The maximum atomic E-state index is 13.0. The first-order valence-corrected chi connectivity index (χ1v) is 6.79. The molecule has 0 aliphatic rings. The van der Waals surface area contributed by atoms with E-state index in [0.29, 0.717) is 0 Å². The first-order chi connectivity index (χ1) is 10.6. The van der Waals surface area contributed by atoms with E-state index in [1.165, 1.54) is 12.1 Å². The van der Waals surface area contributed by atoms with Crippen molar-refractivity contribution in [3.05, 3.63) is 57.8 Å². The largest absolute Gasteiger partial charge is 0.477 e. The average Bonchev–Trinajstić information content (AvgIpc) is 2.46. The number of carbonyl (C=O) groups is 2. The van der Waals surface area contributed by atoms with E-state index in [9.17, 15) is 23.9 Å². The highest BCUT2D eigenvalue weighted by Crippen LogP contribution is 2.20. The van der Waals surface area contributed by atoms with Crippen LogP contribution in [0.15, 0.2) is 35.1 Å². The van der Waals surface area contributed by atoms with Crippen molar-refractivity contribution in [2.45, 2.75) is 20.8 Å². The topological polar surface area (TPSA) is 89.3 Å². The SMILES string of the molecule is CC(C)(C)C(=O)c1cc(C(=O)O)c(=O)n(-c2ccc(F)cc2)n1. The normalized spacial score (nSPS) is 11.3. The Balaban J connectivity index is 2.73. The van der Waals surface area contributed by atoms with Gasteiger partial charge in [0.1, 0.15) is 17.1 Å². The molecule has 0 atom stereocenters. The van der Waals surface area contributed by atoms with Gasteiger partial charge in [0.25, 0.3) is 5.56 Å². The van der Waals surface area contributed by atoms with Gasteiger partial charge in [-0.05, 0) is 30.3 Å². The first kappa shape index (κ1) is 16.5. The van der Waals surface area contributed by atoms with Crippen LogP contribution in [0, 0.1) is 11.2 Å². The monoisotopic (exact) mass is 318 g/mol. The van der Waals surface area contributed by atoms with Gasteiger partial charge in [0.2, 0.25) is 0 Å². The van der Waals surface area contributed by atoms with Crippen LogP contribution in [0.5, 0.6) is 0 Å². The minimum Gasteiger partial charge on any atom is -0.477 e. The molecule has 7 heteroatoms. The minimum absolute atomic E-state index is 0.140. The Morgan fingerprint density at radius 2 is 1.74 bits per heavy atom. The Morgan fingerprint density at radius 3 is 2.22 bits per heavy atom. The molecule has 120 valence electrons. The molecule has 0 unspecified atom stereocenters. The molecule has 0 spiro atoms. The zero-order chi connectivity index (χ0) is 17.4. The molecule has 0 bridgehead atoms. The summed E-state index contributed by atoms with van der Waals surface area (Å²) in [6.07, 6.45) is 0. The standard InChI is InChI=1S/C16H15FN2O4/c1-16(2,3)13(20)12-8-11(15(22)23)14(21)19(18-12)10-6-4-9(17)5-7-10/h4-8H,1-3H3,(H,22,23). The molecule has 0 saturated heterocycles. The highest BCUT2D eigenvalue weighted by molar-refractivity contribution is 5.99. The maximum Gasteiger partial charge on any atom is 0.341 e. The fourth-order valence-corrected chi connectivity index (χ4v) is 1.90. The fourth-order valence-electron chi connectivity index (χ4n) is 1.90. The average molecular weight is 318 g/mol. The molecule has 1 aromatic carbocycles. The van der Waals surface area contributed by atoms with E-state index in [4.69, 9.17) is 0 Å². The van der Waals surface area contributed by atoms with Gasteiger partial charge in [-0.15, -0.1) is 0 Å². The van der Waals surface area contributed by atoms with Crippen LogP contribution in [0.3, 0.4) is 0 Å². The summed E-state index contributed by atoms with van der Waals surface area (Å²) in [4.78, 5) is 35.9. The van der Waals surface area contributed by atoms with Crippen molar-refractivity contribution in [2.75, 3.05) is 0 Å². The maximum absolute atomic E-state index is 13.0. The summed E-state index contributed by atoms with van der Waals surface area (Å²) in [5, 5.41) is 13.1. The van der Waals surface area contributed by atoms with Crippen LogP contribution >= 0.6 is 0 Å². The lowest BCUT2D eigenvalue weighted by atomic mass is 9.88. The zero-order valence-corrected chi connectivity index (χ0v) is 12.8. The molecule has 2 aromatic rings. The zero-order valence-electron chi connectivity index (χ0n) is 12.8. The van der Waals surface area contributed by atoms with Crippen molar-refractivity contribution in [3.63, 3.8) is 0 Å². The van der Waals surface area contributed by atoms with Crippen molar-refractivity contribution in [2.24, 2.45) is 5.41 Å². The molecule has 0 amide bonds. The van der Waals surface area contributed by atoms with Crippen molar-refractivity contribution in [3.8, 4) is 5.69 Å². The predicted molar refractivity (Wildman–Crippen MR) is 80.5 cm³/mol. The van der Waals surface area contributed by atoms with Gasteiger partial charge < -0.3 is 5.11 Å². The number of aromatic carboxylic acids is 1. The van der Waals surface area contributed by atoms with Crippen molar-refractivity contribution >= 4 is 11.8 Å². The van der Waals surface area contributed by atoms with E-state index in [1.807, 2.05) is 0 Å². The van der Waals surface area contributed by atoms with Crippen LogP contribution < -0.4 is 5.56 Å². The van der Waals surface area contributed by atoms with Crippen molar-refractivity contribution < 1.29 is 19.1 Å². The number of halogens is 1. The van der Waals surface area contributed by atoms with Gasteiger partial charge in [0.15, 0.2) is 5.78 Å². The van der Waals surface area contributed by atoms with Crippen molar-refractivity contribution in [1.82, 2.24) is 9.78 Å². The predicted octanol–water partition coefficient (Wildman–Crippen LogP) is 2.30. The number of Topliss-reactive ketones (excluding diaryl/α,β-unsaturated/α-hetero) is 1. The highest BCUT2D eigenvalue weighted by atomic mass is 19.1. The third kappa shape index (κ3) is 3.33. The summed E-state index contributed by atoms with van der Waals surface area (Å²) in [5.41, 5.74) is -2.24. The lowest BCUT2D eigenvalue weighted by Crippen LogP contribution is -2.31. The number of benzene rings is 1. The number of carbonyl (C=O) groups excluding carboxylic acids is 1. The Labute approximate surface area is 131 Å². The van der Waals surface area contributed by atoms with Crippen LogP contribution in [-0.2, 0) is 0 Å². The van der Waals surface area contributed by atoms with Crippen molar-refractivity contribution in [1.29, 1.82) is 0 Å². The number of hydrogen-bond acceptors (Lipinski definition) is 4. The summed E-state index contributed by atoms with van der Waals surface area (Å²) in [6, 6.07) is 5.75. The van der Waals surface area contributed by atoms with Gasteiger partial charge >= 0.3 is 5.97 Å². The fraction of sp³-hybridized carbons (Fsp3) is 0.250. The Bertz CT molecular complexity index is 833. The molecule has 0 fully saturated rings. The second-order valence-electron chi connectivity index (χ2n) is 6.02. The lowest BCUT2D eigenvalue weighted by Gasteiger charge is -2.17. The smallest absolute Gasteiger partial charge is 0.341 e. The lowest BCUT2D eigenvalue weighted by molar-refractivity contribution is 0.0694. The van der Waals surface area contributed by atoms with Gasteiger partial charge in [-0.25, -0.2) is 9.18 Å². The molecule has 0 aliphatic heterocycles. The molecular weight excluding hydrogens is 303 g/mol. The summed E-state index contributed by atoms with van der Waals surface area (Å²) < 4.78 is 13.8. The Morgan fingerprint density at radius 1 is 1.17 bits per heavy atom. The summed E-state index contributed by atoms with van der Waals surface area (Å²) in [7, 11) is 0. The summed E-state index contributed by atoms with van der Waals surface area (Å²) in [5.74, 6) is -2.38. The van der Waals surface area contributed by atoms with Crippen LogP contribution in [0.1, 0.15) is 41.6 Å². The second-order valence-corrected chi connectivity index (χ2v) is 6.02. The molecule has 0 aliphatic carbocycles. The van der Waals surface area contributed by atoms with Gasteiger partial charge in [0, 0.05) is 5.41 Å². The molecule has 1 aromatic heterocycles.